The summed E-state index contributed by atoms with van der Waals surface area (Å²) in [4.78, 5) is 21.0. The fraction of sp³-hybridized carbons (Fsp3) is 0.222. The van der Waals surface area contributed by atoms with Crippen LogP contribution in [0.4, 0.5) is 15.8 Å². The maximum absolute atomic E-state index is 13.3. The molecule has 0 spiro atoms. The molecule has 0 bridgehead atoms. The molecular formula is C9H7Cl2FN2O5S. The van der Waals surface area contributed by atoms with Gasteiger partial charge in [-0.2, -0.15) is 4.39 Å². The maximum Gasteiger partial charge on any atom is 0.307 e. The van der Waals surface area contributed by atoms with Crippen molar-refractivity contribution in [2.24, 2.45) is 0 Å². The highest BCUT2D eigenvalue weighted by molar-refractivity contribution is 7.94. The van der Waals surface area contributed by atoms with E-state index in [1.165, 1.54) is 0 Å². The minimum absolute atomic E-state index is 0.189. The molecule has 0 aliphatic heterocycles. The number of carbonyl (C=O) groups is 1. The minimum Gasteiger partial charge on any atom is -0.274 e. The topological polar surface area (TPSA) is 97.6 Å². The highest BCUT2D eigenvalue weighted by Gasteiger charge is 2.30. The molecule has 0 aliphatic carbocycles. The molecule has 0 unspecified atom stereocenters. The first kappa shape index (κ1) is 16.6. The first-order chi connectivity index (χ1) is 9.11. The van der Waals surface area contributed by atoms with Crippen molar-refractivity contribution in [1.82, 2.24) is 0 Å². The molecule has 0 atom stereocenters. The van der Waals surface area contributed by atoms with Gasteiger partial charge in [-0.25, -0.2) is 12.7 Å². The molecule has 1 aromatic rings. The predicted molar refractivity (Wildman–Crippen MR) is 70.9 cm³/mol. The first-order valence-corrected chi connectivity index (χ1v) is 7.37. The Labute approximate surface area is 123 Å². The lowest BCUT2D eigenvalue weighted by molar-refractivity contribution is -0.387. The van der Waals surface area contributed by atoms with Crippen LogP contribution in [0, 0.1) is 15.9 Å². The van der Waals surface area contributed by atoms with Crippen LogP contribution in [-0.2, 0) is 14.8 Å². The van der Waals surface area contributed by atoms with Crippen LogP contribution in [0.25, 0.3) is 0 Å². The summed E-state index contributed by atoms with van der Waals surface area (Å²) in [6.07, 6.45) is 0. The maximum atomic E-state index is 13.3. The molecule has 0 saturated carbocycles. The SMILES string of the molecule is CC(=O)N(c1cc([N+](=O)[O-])c(F)cc1Cl)S(=O)(=O)CCl. The van der Waals surface area contributed by atoms with Gasteiger partial charge in [-0.1, -0.05) is 11.6 Å². The predicted octanol–water partition coefficient (Wildman–Crippen LogP) is 2.27. The van der Waals surface area contributed by atoms with Crippen LogP contribution in [0.15, 0.2) is 12.1 Å². The van der Waals surface area contributed by atoms with Crippen molar-refractivity contribution < 1.29 is 22.5 Å². The molecule has 0 heterocycles. The summed E-state index contributed by atoms with van der Waals surface area (Å²) >= 11 is 10.9. The largest absolute Gasteiger partial charge is 0.307 e. The zero-order chi connectivity index (χ0) is 15.7. The summed E-state index contributed by atoms with van der Waals surface area (Å²) in [5.74, 6) is -2.25. The summed E-state index contributed by atoms with van der Waals surface area (Å²) in [6.45, 7) is 0.898. The fourth-order valence-electron chi connectivity index (χ4n) is 1.39. The van der Waals surface area contributed by atoms with E-state index in [0.717, 1.165) is 6.92 Å². The summed E-state index contributed by atoms with van der Waals surface area (Å²) < 4.78 is 36.9. The van der Waals surface area contributed by atoms with Gasteiger partial charge in [0, 0.05) is 19.1 Å². The number of nitro groups is 1. The zero-order valence-corrected chi connectivity index (χ0v) is 12.2. The van der Waals surface area contributed by atoms with E-state index in [1.54, 1.807) is 0 Å². The van der Waals surface area contributed by atoms with Gasteiger partial charge in [-0.3, -0.25) is 14.9 Å². The molecule has 11 heteroatoms. The number of benzene rings is 1. The monoisotopic (exact) mass is 344 g/mol. The molecule has 0 N–H and O–H groups in total. The summed E-state index contributed by atoms with van der Waals surface area (Å²) in [5, 5.41) is 9.22. The van der Waals surface area contributed by atoms with E-state index in [-0.39, 0.29) is 4.31 Å². The van der Waals surface area contributed by atoms with Crippen molar-refractivity contribution in [2.45, 2.75) is 6.92 Å². The molecule has 20 heavy (non-hydrogen) atoms. The molecule has 0 aromatic heterocycles. The fourth-order valence-corrected chi connectivity index (χ4v) is 2.90. The van der Waals surface area contributed by atoms with E-state index in [0.29, 0.717) is 12.1 Å². The van der Waals surface area contributed by atoms with Crippen LogP contribution in [-0.4, -0.2) is 24.5 Å². The molecule has 0 saturated heterocycles. The van der Waals surface area contributed by atoms with Crippen molar-refractivity contribution in [3.8, 4) is 0 Å². The van der Waals surface area contributed by atoms with Gasteiger partial charge in [0.15, 0.2) is 0 Å². The smallest absolute Gasteiger partial charge is 0.274 e. The minimum atomic E-state index is -4.27. The van der Waals surface area contributed by atoms with Crippen molar-refractivity contribution in [3.63, 3.8) is 0 Å². The van der Waals surface area contributed by atoms with Crippen molar-refractivity contribution in [1.29, 1.82) is 0 Å². The van der Waals surface area contributed by atoms with E-state index in [1.807, 2.05) is 0 Å². The molecule has 110 valence electrons. The standard InChI is InChI=1S/C9H7Cl2FN2O5S/c1-5(15)13(20(18,19)4-10)8-3-9(14(16)17)7(12)2-6(8)11/h2-3H,4H2,1H3. The van der Waals surface area contributed by atoms with Gasteiger partial charge in [-0.05, 0) is 0 Å². The van der Waals surface area contributed by atoms with Gasteiger partial charge in [-0.15, -0.1) is 11.6 Å². The normalized spacial score (nSPS) is 11.2. The molecular weight excluding hydrogens is 338 g/mol. The zero-order valence-electron chi connectivity index (χ0n) is 9.84. The highest BCUT2D eigenvalue weighted by Crippen LogP contribution is 2.34. The number of alkyl halides is 1. The number of sulfonamides is 1. The lowest BCUT2D eigenvalue weighted by Gasteiger charge is -2.20. The average molecular weight is 345 g/mol. The van der Waals surface area contributed by atoms with Crippen molar-refractivity contribution in [2.75, 3.05) is 9.52 Å². The Hall–Kier alpha value is -1.45. The van der Waals surface area contributed by atoms with Gasteiger partial charge in [0.25, 0.3) is 10.0 Å². The number of rotatable bonds is 4. The highest BCUT2D eigenvalue weighted by atomic mass is 35.5. The molecule has 0 radical (unpaired) electrons. The Balaban J connectivity index is 3.62. The van der Waals surface area contributed by atoms with E-state index < -0.39 is 48.3 Å². The van der Waals surface area contributed by atoms with Crippen LogP contribution in [0.2, 0.25) is 5.02 Å². The molecule has 7 nitrogen and oxygen atoms in total. The Morgan fingerprint density at radius 1 is 1.50 bits per heavy atom. The Morgan fingerprint density at radius 2 is 2.05 bits per heavy atom. The van der Waals surface area contributed by atoms with Gasteiger partial charge >= 0.3 is 5.69 Å². The molecule has 1 aromatic carbocycles. The number of nitrogens with zero attached hydrogens (tertiary/aromatic N) is 2. The van der Waals surface area contributed by atoms with Crippen molar-refractivity contribution in [3.05, 3.63) is 33.1 Å². The van der Waals surface area contributed by atoms with Crippen molar-refractivity contribution >= 4 is 50.5 Å². The van der Waals surface area contributed by atoms with Crippen LogP contribution in [0.1, 0.15) is 6.92 Å². The lowest BCUT2D eigenvalue weighted by Crippen LogP contribution is -2.36. The number of carbonyl (C=O) groups excluding carboxylic acids is 1. The second-order valence-electron chi connectivity index (χ2n) is 3.52. The van der Waals surface area contributed by atoms with E-state index >= 15 is 0 Å². The Bertz CT molecular complexity index is 679. The molecule has 0 fully saturated rings. The number of hydrogen-bond acceptors (Lipinski definition) is 5. The Kier molecular flexibility index (Phi) is 4.90. The number of halogens is 3. The van der Waals surface area contributed by atoms with Crippen LogP contribution in [0.3, 0.4) is 0 Å². The second-order valence-corrected chi connectivity index (χ2v) is 6.33. The molecule has 0 aliphatic rings. The third-order valence-corrected chi connectivity index (χ3v) is 4.55. The third kappa shape index (κ3) is 3.17. The quantitative estimate of drug-likeness (QED) is 0.474. The number of hydrogen-bond donors (Lipinski definition) is 0. The number of anilines is 1. The van der Waals surface area contributed by atoms with Crippen LogP contribution >= 0.6 is 23.2 Å². The molecule has 1 rings (SSSR count). The second kappa shape index (κ2) is 5.90. The first-order valence-electron chi connectivity index (χ1n) is 4.84. The van der Waals surface area contributed by atoms with Crippen LogP contribution < -0.4 is 4.31 Å². The Morgan fingerprint density at radius 3 is 2.45 bits per heavy atom. The van der Waals surface area contributed by atoms with Crippen LogP contribution in [0.5, 0.6) is 0 Å². The number of amides is 1. The average Bonchev–Trinajstić information content (AvgIpc) is 2.31. The summed E-state index contributed by atoms with van der Waals surface area (Å²) in [6, 6.07) is 1.11. The third-order valence-electron chi connectivity index (χ3n) is 2.13. The van der Waals surface area contributed by atoms with E-state index in [9.17, 15) is 27.7 Å². The van der Waals surface area contributed by atoms with E-state index in [2.05, 4.69) is 0 Å². The lowest BCUT2D eigenvalue weighted by atomic mass is 10.2. The van der Waals surface area contributed by atoms with Gasteiger partial charge in [0.1, 0.15) is 5.21 Å². The van der Waals surface area contributed by atoms with Gasteiger partial charge in [0.2, 0.25) is 11.7 Å². The van der Waals surface area contributed by atoms with Gasteiger partial charge < -0.3 is 0 Å². The summed E-state index contributed by atoms with van der Waals surface area (Å²) in [5.41, 5.74) is -1.55. The summed E-state index contributed by atoms with van der Waals surface area (Å²) in [7, 11) is -4.27. The van der Waals surface area contributed by atoms with Gasteiger partial charge in [0.05, 0.1) is 15.6 Å². The number of nitro benzene ring substituents is 1. The van der Waals surface area contributed by atoms with E-state index in [4.69, 9.17) is 23.2 Å². The molecule has 1 amide bonds.